The summed E-state index contributed by atoms with van der Waals surface area (Å²) in [6, 6.07) is 0. The number of rotatable bonds is 9. The topological polar surface area (TPSA) is 76.1 Å². The van der Waals surface area contributed by atoms with Gasteiger partial charge in [-0.2, -0.15) is 0 Å². The summed E-state index contributed by atoms with van der Waals surface area (Å²) >= 11 is 6.05. The van der Waals surface area contributed by atoms with Gasteiger partial charge in [-0.15, -0.1) is 0 Å². The van der Waals surface area contributed by atoms with E-state index in [1.807, 2.05) is 0 Å². The van der Waals surface area contributed by atoms with E-state index in [9.17, 15) is 4.79 Å². The van der Waals surface area contributed by atoms with E-state index in [4.69, 9.17) is 16.3 Å². The van der Waals surface area contributed by atoms with Crippen molar-refractivity contribution in [3.63, 3.8) is 0 Å². The Labute approximate surface area is 124 Å². The van der Waals surface area contributed by atoms with Crippen LogP contribution in [-0.2, 0) is 16.0 Å². The maximum atomic E-state index is 11.5. The molecule has 112 valence electrons. The summed E-state index contributed by atoms with van der Waals surface area (Å²) in [4.78, 5) is 19.7. The van der Waals surface area contributed by atoms with Crippen molar-refractivity contribution in [1.29, 1.82) is 0 Å². The number of ether oxygens (including phenoxy) is 1. The Kier molecular flexibility index (Phi) is 7.91. The van der Waals surface area contributed by atoms with E-state index < -0.39 is 0 Å². The van der Waals surface area contributed by atoms with Gasteiger partial charge in [0.1, 0.15) is 17.3 Å². The first kappa shape index (κ1) is 16.7. The average molecular weight is 301 g/mol. The normalized spacial score (nSPS) is 10.3. The highest BCUT2D eigenvalue weighted by Crippen LogP contribution is 2.21. The Bertz CT molecular complexity index is 429. The molecule has 7 heteroatoms. The van der Waals surface area contributed by atoms with E-state index in [1.54, 1.807) is 7.11 Å². The van der Waals surface area contributed by atoms with Crippen molar-refractivity contribution in [2.75, 3.05) is 32.1 Å². The van der Waals surface area contributed by atoms with Gasteiger partial charge in [0.2, 0.25) is 5.91 Å². The second-order valence-corrected chi connectivity index (χ2v) is 4.62. The SMILES string of the molecule is CCCc1c(Cl)ncnc1NCCC(=O)NCCOC. The Morgan fingerprint density at radius 3 is 2.90 bits per heavy atom. The number of nitrogens with one attached hydrogen (secondary N) is 2. The molecule has 0 spiro atoms. The smallest absolute Gasteiger partial charge is 0.221 e. The summed E-state index contributed by atoms with van der Waals surface area (Å²) in [5, 5.41) is 6.36. The van der Waals surface area contributed by atoms with Gasteiger partial charge in [0.25, 0.3) is 0 Å². The molecule has 6 nitrogen and oxygen atoms in total. The highest BCUT2D eigenvalue weighted by atomic mass is 35.5. The first-order valence-corrected chi connectivity index (χ1v) is 7.05. The molecule has 1 amide bonds. The lowest BCUT2D eigenvalue weighted by atomic mass is 10.2. The number of hydrogen-bond donors (Lipinski definition) is 2. The largest absolute Gasteiger partial charge is 0.383 e. The van der Waals surface area contributed by atoms with E-state index in [1.165, 1.54) is 6.33 Å². The Hall–Kier alpha value is -1.40. The minimum absolute atomic E-state index is 0.0215. The lowest BCUT2D eigenvalue weighted by Crippen LogP contribution is -2.28. The Balaban J connectivity index is 2.41. The number of nitrogens with zero attached hydrogens (tertiary/aromatic N) is 2. The molecule has 0 aliphatic rings. The molecule has 1 rings (SSSR count). The van der Waals surface area contributed by atoms with Gasteiger partial charge in [-0.1, -0.05) is 24.9 Å². The average Bonchev–Trinajstić information content (AvgIpc) is 2.43. The van der Waals surface area contributed by atoms with Gasteiger partial charge < -0.3 is 15.4 Å². The summed E-state index contributed by atoms with van der Waals surface area (Å²) in [5.74, 6) is 0.684. The molecule has 1 aromatic heterocycles. The van der Waals surface area contributed by atoms with Gasteiger partial charge in [0.05, 0.1) is 6.61 Å². The van der Waals surface area contributed by atoms with Crippen LogP contribution in [-0.4, -0.2) is 42.7 Å². The van der Waals surface area contributed by atoms with Gasteiger partial charge in [-0.3, -0.25) is 4.79 Å². The lowest BCUT2D eigenvalue weighted by Gasteiger charge is -2.11. The number of hydrogen-bond acceptors (Lipinski definition) is 5. The number of carbonyl (C=O) groups is 1. The summed E-state index contributed by atoms with van der Waals surface area (Å²) in [7, 11) is 1.60. The molecule has 0 saturated carbocycles. The number of carbonyl (C=O) groups excluding carboxylic acids is 1. The molecule has 20 heavy (non-hydrogen) atoms. The molecule has 0 aromatic carbocycles. The third-order valence-electron chi connectivity index (χ3n) is 2.67. The van der Waals surface area contributed by atoms with Crippen molar-refractivity contribution < 1.29 is 9.53 Å². The van der Waals surface area contributed by atoms with Crippen LogP contribution >= 0.6 is 11.6 Å². The molecule has 1 heterocycles. The van der Waals surface area contributed by atoms with Gasteiger partial charge in [0, 0.05) is 32.2 Å². The van der Waals surface area contributed by atoms with Crippen molar-refractivity contribution in [3.05, 3.63) is 17.0 Å². The predicted octanol–water partition coefficient (Wildman–Crippen LogP) is 1.65. The van der Waals surface area contributed by atoms with Crippen LogP contribution < -0.4 is 10.6 Å². The zero-order valence-corrected chi connectivity index (χ0v) is 12.7. The number of halogens is 1. The first-order chi connectivity index (χ1) is 9.69. The van der Waals surface area contributed by atoms with Gasteiger partial charge in [0.15, 0.2) is 0 Å². The second-order valence-electron chi connectivity index (χ2n) is 4.26. The zero-order chi connectivity index (χ0) is 14.8. The van der Waals surface area contributed by atoms with Crippen LogP contribution in [0.25, 0.3) is 0 Å². The molecule has 0 bridgehead atoms. The summed E-state index contributed by atoms with van der Waals surface area (Å²) in [6.45, 7) is 3.61. The molecule has 0 fully saturated rings. The molecule has 2 N–H and O–H groups in total. The molecule has 0 saturated heterocycles. The third-order valence-corrected chi connectivity index (χ3v) is 2.99. The van der Waals surface area contributed by atoms with Gasteiger partial charge in [-0.25, -0.2) is 9.97 Å². The quantitative estimate of drug-likeness (QED) is 0.536. The van der Waals surface area contributed by atoms with Crippen molar-refractivity contribution in [3.8, 4) is 0 Å². The molecule has 0 radical (unpaired) electrons. The van der Waals surface area contributed by atoms with Crippen LogP contribution in [0.4, 0.5) is 5.82 Å². The number of anilines is 1. The van der Waals surface area contributed by atoms with Crippen LogP contribution in [0, 0.1) is 0 Å². The van der Waals surface area contributed by atoms with Crippen molar-refractivity contribution >= 4 is 23.3 Å². The number of amides is 1. The molecule has 1 aromatic rings. The van der Waals surface area contributed by atoms with Crippen LogP contribution in [0.5, 0.6) is 0 Å². The minimum atomic E-state index is -0.0215. The molecular formula is C13H21ClN4O2. The molecular weight excluding hydrogens is 280 g/mol. The fraction of sp³-hybridized carbons (Fsp3) is 0.615. The van der Waals surface area contributed by atoms with Crippen LogP contribution in [0.2, 0.25) is 5.15 Å². The zero-order valence-electron chi connectivity index (χ0n) is 11.9. The van der Waals surface area contributed by atoms with E-state index in [-0.39, 0.29) is 5.91 Å². The fourth-order valence-electron chi connectivity index (χ4n) is 1.69. The molecule has 0 atom stereocenters. The van der Waals surface area contributed by atoms with E-state index >= 15 is 0 Å². The maximum Gasteiger partial charge on any atom is 0.221 e. The van der Waals surface area contributed by atoms with E-state index in [0.29, 0.717) is 37.1 Å². The monoisotopic (exact) mass is 300 g/mol. The van der Waals surface area contributed by atoms with Crippen LogP contribution in [0.3, 0.4) is 0 Å². The van der Waals surface area contributed by atoms with Crippen molar-refractivity contribution in [2.45, 2.75) is 26.2 Å². The lowest BCUT2D eigenvalue weighted by molar-refractivity contribution is -0.121. The van der Waals surface area contributed by atoms with Crippen LogP contribution in [0.15, 0.2) is 6.33 Å². The summed E-state index contributed by atoms with van der Waals surface area (Å²) in [5.41, 5.74) is 0.899. The fourth-order valence-corrected chi connectivity index (χ4v) is 1.92. The van der Waals surface area contributed by atoms with E-state index in [0.717, 1.165) is 18.4 Å². The predicted molar refractivity (Wildman–Crippen MR) is 79.0 cm³/mol. The first-order valence-electron chi connectivity index (χ1n) is 6.67. The summed E-state index contributed by atoms with van der Waals surface area (Å²) < 4.78 is 4.86. The third kappa shape index (κ3) is 5.71. The van der Waals surface area contributed by atoms with Gasteiger partial charge in [-0.05, 0) is 6.42 Å². The summed E-state index contributed by atoms with van der Waals surface area (Å²) in [6.07, 6.45) is 3.56. The Morgan fingerprint density at radius 1 is 1.40 bits per heavy atom. The standard InChI is InChI=1S/C13H21ClN4O2/c1-3-4-10-12(14)17-9-18-13(10)16-6-5-11(19)15-7-8-20-2/h9H,3-8H2,1-2H3,(H,15,19)(H,16,17,18). The number of aromatic nitrogens is 2. The minimum Gasteiger partial charge on any atom is -0.383 e. The maximum absolute atomic E-state index is 11.5. The second kappa shape index (κ2) is 9.50. The van der Waals surface area contributed by atoms with E-state index in [2.05, 4.69) is 27.5 Å². The van der Waals surface area contributed by atoms with Crippen molar-refractivity contribution in [2.24, 2.45) is 0 Å². The molecule has 0 unspecified atom stereocenters. The van der Waals surface area contributed by atoms with Gasteiger partial charge >= 0.3 is 0 Å². The number of methoxy groups -OCH3 is 1. The Morgan fingerprint density at radius 2 is 2.20 bits per heavy atom. The molecule has 0 aliphatic heterocycles. The highest BCUT2D eigenvalue weighted by molar-refractivity contribution is 6.30. The molecule has 0 aliphatic carbocycles. The van der Waals surface area contributed by atoms with Crippen LogP contribution in [0.1, 0.15) is 25.3 Å². The van der Waals surface area contributed by atoms with Crippen molar-refractivity contribution in [1.82, 2.24) is 15.3 Å². The highest BCUT2D eigenvalue weighted by Gasteiger charge is 2.09.